The van der Waals surface area contributed by atoms with Gasteiger partial charge >= 0.3 is 0 Å². The number of aliphatic hydroxyl groups is 1. The topological polar surface area (TPSA) is 55.1 Å². The molecule has 0 aromatic carbocycles. The van der Waals surface area contributed by atoms with E-state index in [1.165, 1.54) is 0 Å². The quantitative estimate of drug-likeness (QED) is 0.669. The summed E-state index contributed by atoms with van der Waals surface area (Å²) in [4.78, 5) is 11.5. The van der Waals surface area contributed by atoms with Gasteiger partial charge in [-0.25, -0.2) is 0 Å². The fourth-order valence-electron chi connectivity index (χ4n) is 1.78. The monoisotopic (exact) mass is 180 g/mol. The Balaban J connectivity index is 2.39. The molecule has 4 nitrogen and oxygen atoms in total. The zero-order chi connectivity index (χ0) is 9.42. The summed E-state index contributed by atoms with van der Waals surface area (Å²) in [6, 6.07) is 0. The lowest BCUT2D eigenvalue weighted by atomic mass is 9.88. The molecule has 1 heterocycles. The molecular formula is C9H12N2O2. The van der Waals surface area contributed by atoms with Crippen molar-refractivity contribution in [1.82, 2.24) is 9.78 Å². The number of aromatic nitrogens is 2. The largest absolute Gasteiger partial charge is 0.396 e. The first-order valence-corrected chi connectivity index (χ1v) is 4.37. The molecule has 0 radical (unpaired) electrons. The molecule has 1 atom stereocenters. The summed E-state index contributed by atoms with van der Waals surface area (Å²) in [5, 5.41) is 13.0. The highest BCUT2D eigenvalue weighted by atomic mass is 16.3. The van der Waals surface area contributed by atoms with Gasteiger partial charge in [0.15, 0.2) is 5.78 Å². The van der Waals surface area contributed by atoms with E-state index in [1.807, 2.05) is 7.05 Å². The van der Waals surface area contributed by atoms with Gasteiger partial charge in [-0.05, 0) is 12.3 Å². The highest BCUT2D eigenvalue weighted by Crippen LogP contribution is 2.24. The van der Waals surface area contributed by atoms with Crippen LogP contribution in [0.5, 0.6) is 0 Å². The van der Waals surface area contributed by atoms with Gasteiger partial charge in [0, 0.05) is 25.8 Å². The first-order chi connectivity index (χ1) is 6.22. The normalized spacial score (nSPS) is 21.7. The molecule has 0 aliphatic heterocycles. The number of aryl methyl sites for hydroxylation is 1. The number of nitrogens with zero attached hydrogens (tertiary/aromatic N) is 2. The summed E-state index contributed by atoms with van der Waals surface area (Å²) in [6.45, 7) is 0.0797. The summed E-state index contributed by atoms with van der Waals surface area (Å²) in [5.74, 6) is 0.184. The van der Waals surface area contributed by atoms with Crippen LogP contribution in [0, 0.1) is 5.92 Å². The van der Waals surface area contributed by atoms with Crippen LogP contribution in [0.2, 0.25) is 0 Å². The fraction of sp³-hybridized carbons (Fsp3) is 0.556. The average Bonchev–Trinajstić information content (AvgIpc) is 2.48. The minimum atomic E-state index is 0.0791. The van der Waals surface area contributed by atoms with E-state index in [4.69, 9.17) is 5.11 Å². The molecule has 0 amide bonds. The molecule has 0 fully saturated rings. The Hall–Kier alpha value is -1.16. The zero-order valence-corrected chi connectivity index (χ0v) is 7.53. The van der Waals surface area contributed by atoms with Crippen LogP contribution in [0.1, 0.15) is 22.5 Å². The third-order valence-electron chi connectivity index (χ3n) is 2.58. The van der Waals surface area contributed by atoms with Gasteiger partial charge in [-0.2, -0.15) is 5.10 Å². The lowest BCUT2D eigenvalue weighted by molar-refractivity contribution is 0.0917. The van der Waals surface area contributed by atoms with E-state index >= 15 is 0 Å². The fourth-order valence-corrected chi connectivity index (χ4v) is 1.78. The Labute approximate surface area is 76.2 Å². The van der Waals surface area contributed by atoms with Gasteiger partial charge < -0.3 is 5.11 Å². The molecule has 4 heteroatoms. The maximum atomic E-state index is 11.5. The molecular weight excluding hydrogens is 168 g/mol. The predicted molar refractivity (Wildman–Crippen MR) is 46.4 cm³/mol. The van der Waals surface area contributed by atoms with Gasteiger partial charge in [0.05, 0.1) is 11.8 Å². The Morgan fingerprint density at radius 2 is 2.46 bits per heavy atom. The van der Waals surface area contributed by atoms with Gasteiger partial charge in [0.1, 0.15) is 0 Å². The molecule has 70 valence electrons. The van der Waals surface area contributed by atoms with Gasteiger partial charge in [0.25, 0.3) is 0 Å². The SMILES string of the molecule is Cn1ncc2c1CC(CO)CC2=O. The summed E-state index contributed by atoms with van der Waals surface area (Å²) >= 11 is 0. The second kappa shape index (κ2) is 2.96. The molecule has 1 aromatic heterocycles. The maximum absolute atomic E-state index is 11.5. The van der Waals surface area contributed by atoms with Crippen LogP contribution in [0.3, 0.4) is 0 Å². The van der Waals surface area contributed by atoms with Crippen LogP contribution in [-0.4, -0.2) is 27.3 Å². The first-order valence-electron chi connectivity index (χ1n) is 4.37. The van der Waals surface area contributed by atoms with E-state index < -0.39 is 0 Å². The Morgan fingerprint density at radius 1 is 1.69 bits per heavy atom. The van der Waals surface area contributed by atoms with Crippen molar-refractivity contribution in [3.05, 3.63) is 17.5 Å². The van der Waals surface area contributed by atoms with Crippen molar-refractivity contribution >= 4 is 5.78 Å². The summed E-state index contributed by atoms with van der Waals surface area (Å²) in [6.07, 6.45) is 2.83. The van der Waals surface area contributed by atoms with Gasteiger partial charge in [-0.3, -0.25) is 9.48 Å². The van der Waals surface area contributed by atoms with E-state index in [2.05, 4.69) is 5.10 Å². The third-order valence-corrected chi connectivity index (χ3v) is 2.58. The molecule has 1 unspecified atom stereocenters. The molecule has 2 rings (SSSR count). The highest BCUT2D eigenvalue weighted by Gasteiger charge is 2.27. The number of Topliss-reactive ketones (excluding diaryl/α,β-unsaturated/α-hetero) is 1. The summed E-state index contributed by atoms with van der Waals surface area (Å²) in [7, 11) is 1.83. The lowest BCUT2D eigenvalue weighted by Gasteiger charge is -2.19. The molecule has 1 aliphatic carbocycles. The first kappa shape index (κ1) is 8.44. The standard InChI is InChI=1S/C9H12N2O2/c1-11-8-2-6(5-12)3-9(13)7(8)4-10-11/h4,6,12H,2-3,5H2,1H3. The molecule has 13 heavy (non-hydrogen) atoms. The Morgan fingerprint density at radius 3 is 3.15 bits per heavy atom. The number of hydrogen-bond donors (Lipinski definition) is 1. The van der Waals surface area contributed by atoms with Crippen molar-refractivity contribution in [2.45, 2.75) is 12.8 Å². The van der Waals surface area contributed by atoms with E-state index in [0.717, 1.165) is 17.7 Å². The third kappa shape index (κ3) is 1.27. The average molecular weight is 180 g/mol. The summed E-state index contributed by atoms with van der Waals surface area (Å²) < 4.78 is 1.72. The van der Waals surface area contributed by atoms with Crippen LogP contribution < -0.4 is 0 Å². The highest BCUT2D eigenvalue weighted by molar-refractivity contribution is 5.98. The molecule has 1 aliphatic rings. The van der Waals surface area contributed by atoms with Crippen molar-refractivity contribution in [1.29, 1.82) is 0 Å². The number of fused-ring (bicyclic) bond motifs is 1. The Bertz CT molecular complexity index is 343. The number of carbonyl (C=O) groups excluding carboxylic acids is 1. The van der Waals surface area contributed by atoms with E-state index in [9.17, 15) is 4.79 Å². The smallest absolute Gasteiger partial charge is 0.166 e. The van der Waals surface area contributed by atoms with Gasteiger partial charge in [-0.1, -0.05) is 0 Å². The minimum absolute atomic E-state index is 0.0791. The number of rotatable bonds is 1. The second-order valence-corrected chi connectivity index (χ2v) is 3.51. The molecule has 1 aromatic rings. The van der Waals surface area contributed by atoms with Crippen LogP contribution in [-0.2, 0) is 13.5 Å². The van der Waals surface area contributed by atoms with Crippen molar-refractivity contribution in [2.75, 3.05) is 6.61 Å². The van der Waals surface area contributed by atoms with Gasteiger partial charge in [-0.15, -0.1) is 0 Å². The minimum Gasteiger partial charge on any atom is -0.396 e. The number of ketones is 1. The van der Waals surface area contributed by atoms with Crippen LogP contribution in [0.25, 0.3) is 0 Å². The van der Waals surface area contributed by atoms with Gasteiger partial charge in [0.2, 0.25) is 0 Å². The van der Waals surface area contributed by atoms with Crippen molar-refractivity contribution in [3.8, 4) is 0 Å². The summed E-state index contributed by atoms with van der Waals surface area (Å²) in [5.41, 5.74) is 1.68. The van der Waals surface area contributed by atoms with Crippen molar-refractivity contribution in [2.24, 2.45) is 13.0 Å². The number of carbonyl (C=O) groups is 1. The molecule has 0 bridgehead atoms. The lowest BCUT2D eigenvalue weighted by Crippen LogP contribution is -2.23. The molecule has 0 saturated carbocycles. The second-order valence-electron chi connectivity index (χ2n) is 3.51. The zero-order valence-electron chi connectivity index (χ0n) is 7.53. The molecule has 0 saturated heterocycles. The van der Waals surface area contributed by atoms with E-state index in [-0.39, 0.29) is 18.3 Å². The van der Waals surface area contributed by atoms with Crippen LogP contribution in [0.15, 0.2) is 6.20 Å². The number of aliphatic hydroxyl groups excluding tert-OH is 1. The molecule has 0 spiro atoms. The molecule has 1 N–H and O–H groups in total. The van der Waals surface area contributed by atoms with Crippen LogP contribution >= 0.6 is 0 Å². The van der Waals surface area contributed by atoms with Crippen molar-refractivity contribution < 1.29 is 9.90 Å². The maximum Gasteiger partial charge on any atom is 0.166 e. The Kier molecular flexibility index (Phi) is 1.92. The van der Waals surface area contributed by atoms with E-state index in [1.54, 1.807) is 10.9 Å². The van der Waals surface area contributed by atoms with Crippen molar-refractivity contribution in [3.63, 3.8) is 0 Å². The number of hydrogen-bond acceptors (Lipinski definition) is 3. The van der Waals surface area contributed by atoms with Crippen LogP contribution in [0.4, 0.5) is 0 Å². The van der Waals surface area contributed by atoms with E-state index in [0.29, 0.717) is 6.42 Å². The predicted octanol–water partition coefficient (Wildman–Crippen LogP) is 0.158.